The van der Waals surface area contributed by atoms with Gasteiger partial charge in [0.15, 0.2) is 0 Å². The monoisotopic (exact) mass is 409 g/mol. The van der Waals surface area contributed by atoms with Gasteiger partial charge in [0, 0.05) is 13.2 Å². The second-order valence-corrected chi connectivity index (χ2v) is 8.35. The minimum absolute atomic E-state index is 0.0278. The fourth-order valence-corrected chi connectivity index (χ4v) is 4.31. The molecule has 0 bridgehead atoms. The van der Waals surface area contributed by atoms with Gasteiger partial charge in [-0.25, -0.2) is 0 Å². The topological polar surface area (TPSA) is 83.6 Å². The van der Waals surface area contributed by atoms with Crippen molar-refractivity contribution in [2.24, 2.45) is 17.1 Å². The van der Waals surface area contributed by atoms with E-state index >= 15 is 0 Å². The molecule has 0 fully saturated rings. The van der Waals surface area contributed by atoms with Crippen molar-refractivity contribution in [2.45, 2.75) is 103 Å². The lowest BCUT2D eigenvalue weighted by atomic mass is 9.67. The maximum Gasteiger partial charge on any atom is 0.224 e. The highest BCUT2D eigenvalue weighted by Gasteiger charge is 2.42. The first-order valence-corrected chi connectivity index (χ1v) is 11.9. The van der Waals surface area contributed by atoms with Gasteiger partial charge < -0.3 is 15.9 Å². The van der Waals surface area contributed by atoms with E-state index in [1.807, 2.05) is 6.08 Å². The molecule has 1 amide bonds. The molecule has 4 heteroatoms. The SMILES string of the molecule is C=CCC(CCCCC/C=C\CCCCCCCC)C(CCO)(CCO)C(N)=O. The Morgan fingerprint density at radius 3 is 1.93 bits per heavy atom. The molecule has 0 saturated carbocycles. The molecule has 0 aromatic carbocycles. The molecule has 0 aliphatic carbocycles. The normalized spacial score (nSPS) is 13.1. The Labute approximate surface area is 179 Å². The standard InChI is InChI=1S/C25H47NO3/c1-3-5-6-7-8-9-10-11-12-13-14-15-16-18-23(17-4-2)25(19-21-27,20-22-28)24(26)29/h4,11-12,23,27-28H,2-3,5-10,13-22H2,1H3,(H2,26,29)/b12-11-. The first-order valence-electron chi connectivity index (χ1n) is 11.9. The van der Waals surface area contributed by atoms with Crippen molar-refractivity contribution in [1.82, 2.24) is 0 Å². The number of aliphatic hydroxyl groups is 2. The molecule has 0 saturated heterocycles. The van der Waals surface area contributed by atoms with Crippen molar-refractivity contribution in [2.75, 3.05) is 13.2 Å². The third-order valence-electron chi connectivity index (χ3n) is 6.15. The van der Waals surface area contributed by atoms with E-state index in [2.05, 4.69) is 25.7 Å². The van der Waals surface area contributed by atoms with Gasteiger partial charge >= 0.3 is 0 Å². The molecule has 4 nitrogen and oxygen atoms in total. The number of unbranched alkanes of at least 4 members (excludes halogenated alkanes) is 9. The van der Waals surface area contributed by atoms with Crippen LogP contribution in [0.3, 0.4) is 0 Å². The maximum atomic E-state index is 12.2. The Hall–Kier alpha value is -1.13. The van der Waals surface area contributed by atoms with Crippen LogP contribution < -0.4 is 5.73 Å². The summed E-state index contributed by atoms with van der Waals surface area (Å²) in [5, 5.41) is 18.9. The van der Waals surface area contributed by atoms with E-state index in [1.165, 1.54) is 44.9 Å². The lowest BCUT2D eigenvalue weighted by Gasteiger charge is -2.37. The summed E-state index contributed by atoms with van der Waals surface area (Å²) in [5.74, 6) is -0.384. The van der Waals surface area contributed by atoms with E-state index in [0.29, 0.717) is 19.3 Å². The highest BCUT2D eigenvalue weighted by atomic mass is 16.3. The van der Waals surface area contributed by atoms with Crippen LogP contribution in [0, 0.1) is 11.3 Å². The zero-order chi connectivity index (χ0) is 21.8. The number of nitrogens with two attached hydrogens (primary N) is 1. The van der Waals surface area contributed by atoms with Crippen LogP contribution in [-0.4, -0.2) is 29.3 Å². The summed E-state index contributed by atoms with van der Waals surface area (Å²) in [7, 11) is 0. The Morgan fingerprint density at radius 1 is 0.931 bits per heavy atom. The summed E-state index contributed by atoms with van der Waals surface area (Å²) in [6.45, 7) is 5.88. The number of rotatable bonds is 21. The predicted molar refractivity (Wildman–Crippen MR) is 124 cm³/mol. The molecule has 0 aromatic heterocycles. The summed E-state index contributed by atoms with van der Waals surface area (Å²) >= 11 is 0. The second-order valence-electron chi connectivity index (χ2n) is 8.35. The van der Waals surface area contributed by atoms with Crippen LogP contribution in [0.1, 0.15) is 103 Å². The fraction of sp³-hybridized carbons (Fsp3) is 0.800. The molecule has 0 aromatic rings. The third-order valence-corrected chi connectivity index (χ3v) is 6.15. The number of hydrogen-bond acceptors (Lipinski definition) is 3. The molecule has 0 spiro atoms. The molecule has 0 rings (SSSR count). The van der Waals surface area contributed by atoms with Crippen LogP contribution in [0.5, 0.6) is 0 Å². The number of primary amides is 1. The minimum Gasteiger partial charge on any atom is -0.396 e. The summed E-state index contributed by atoms with van der Waals surface area (Å²) in [6.07, 6.45) is 22.3. The van der Waals surface area contributed by atoms with E-state index in [1.54, 1.807) is 0 Å². The Balaban J connectivity index is 4.20. The van der Waals surface area contributed by atoms with Crippen LogP contribution in [0.25, 0.3) is 0 Å². The Kier molecular flexibility index (Phi) is 18.1. The zero-order valence-electron chi connectivity index (χ0n) is 18.9. The van der Waals surface area contributed by atoms with Crippen LogP contribution in [0.4, 0.5) is 0 Å². The van der Waals surface area contributed by atoms with Gasteiger partial charge in [0.25, 0.3) is 0 Å². The van der Waals surface area contributed by atoms with Gasteiger partial charge in [-0.05, 0) is 57.3 Å². The molecule has 1 unspecified atom stereocenters. The lowest BCUT2D eigenvalue weighted by molar-refractivity contribution is -0.133. The van der Waals surface area contributed by atoms with Gasteiger partial charge in [-0.3, -0.25) is 4.79 Å². The van der Waals surface area contributed by atoms with Gasteiger partial charge in [0.1, 0.15) is 0 Å². The number of aliphatic hydroxyl groups excluding tert-OH is 2. The Morgan fingerprint density at radius 2 is 1.45 bits per heavy atom. The molecule has 1 atom stereocenters. The van der Waals surface area contributed by atoms with Crippen LogP contribution in [0.2, 0.25) is 0 Å². The summed E-state index contributed by atoms with van der Waals surface area (Å²) in [5.41, 5.74) is 4.88. The van der Waals surface area contributed by atoms with Crippen molar-refractivity contribution < 1.29 is 15.0 Å². The smallest absolute Gasteiger partial charge is 0.224 e. The van der Waals surface area contributed by atoms with Crippen molar-refractivity contribution in [1.29, 1.82) is 0 Å². The molecular weight excluding hydrogens is 362 g/mol. The molecule has 0 aliphatic heterocycles. The van der Waals surface area contributed by atoms with E-state index < -0.39 is 11.3 Å². The highest BCUT2D eigenvalue weighted by molar-refractivity contribution is 5.81. The van der Waals surface area contributed by atoms with Gasteiger partial charge in [-0.2, -0.15) is 0 Å². The molecule has 0 aliphatic rings. The third kappa shape index (κ3) is 12.2. The molecule has 29 heavy (non-hydrogen) atoms. The van der Waals surface area contributed by atoms with E-state index in [9.17, 15) is 15.0 Å². The molecule has 170 valence electrons. The molecule has 4 N–H and O–H groups in total. The average molecular weight is 410 g/mol. The second kappa shape index (κ2) is 18.9. The maximum absolute atomic E-state index is 12.2. The van der Waals surface area contributed by atoms with Gasteiger partial charge in [0.05, 0.1) is 5.41 Å². The van der Waals surface area contributed by atoms with Crippen molar-refractivity contribution >= 4 is 5.91 Å². The van der Waals surface area contributed by atoms with Gasteiger partial charge in [-0.1, -0.05) is 70.1 Å². The lowest BCUT2D eigenvalue weighted by Crippen LogP contribution is -2.45. The fourth-order valence-electron chi connectivity index (χ4n) is 4.31. The summed E-state index contributed by atoms with van der Waals surface area (Å²) in [6, 6.07) is 0. The first-order chi connectivity index (χ1) is 14.1. The molecule has 0 heterocycles. The quantitative estimate of drug-likeness (QED) is 0.169. The van der Waals surface area contributed by atoms with Crippen LogP contribution in [-0.2, 0) is 4.79 Å². The molecular formula is C25H47NO3. The minimum atomic E-state index is -0.839. The Bertz CT molecular complexity index is 428. The van der Waals surface area contributed by atoms with Crippen molar-refractivity contribution in [3.05, 3.63) is 24.8 Å². The van der Waals surface area contributed by atoms with E-state index in [4.69, 9.17) is 5.73 Å². The number of carbonyl (C=O) groups excluding carboxylic acids is 1. The van der Waals surface area contributed by atoms with E-state index in [0.717, 1.165) is 32.1 Å². The van der Waals surface area contributed by atoms with Crippen molar-refractivity contribution in [3.8, 4) is 0 Å². The van der Waals surface area contributed by atoms with Crippen molar-refractivity contribution in [3.63, 3.8) is 0 Å². The van der Waals surface area contributed by atoms with E-state index in [-0.39, 0.29) is 19.1 Å². The average Bonchev–Trinajstić information content (AvgIpc) is 2.70. The zero-order valence-corrected chi connectivity index (χ0v) is 18.9. The predicted octanol–water partition coefficient (Wildman–Crippen LogP) is 5.67. The largest absolute Gasteiger partial charge is 0.396 e. The summed E-state index contributed by atoms with van der Waals surface area (Å²) < 4.78 is 0. The summed E-state index contributed by atoms with van der Waals surface area (Å²) in [4.78, 5) is 12.2. The van der Waals surface area contributed by atoms with Gasteiger partial charge in [0.2, 0.25) is 5.91 Å². The molecule has 0 radical (unpaired) electrons. The number of allylic oxidation sites excluding steroid dienone is 3. The number of hydrogen-bond donors (Lipinski definition) is 3. The van der Waals surface area contributed by atoms with Gasteiger partial charge in [-0.15, -0.1) is 6.58 Å². The number of carbonyl (C=O) groups is 1. The highest BCUT2D eigenvalue weighted by Crippen LogP contribution is 2.40. The first kappa shape index (κ1) is 27.9. The van der Waals surface area contributed by atoms with Crippen LogP contribution in [0.15, 0.2) is 24.8 Å². The van der Waals surface area contributed by atoms with Crippen LogP contribution >= 0.6 is 0 Å². The number of amides is 1.